The number of ether oxygens (including phenoxy) is 2. The molecule has 26 heavy (non-hydrogen) atoms. The first-order valence-corrected chi connectivity index (χ1v) is 9.39. The molecule has 1 aromatic carbocycles. The number of urea groups is 1. The van der Waals surface area contributed by atoms with Crippen molar-refractivity contribution < 1.29 is 19.1 Å². The van der Waals surface area contributed by atoms with Gasteiger partial charge in [-0.05, 0) is 36.6 Å². The molecule has 0 radical (unpaired) electrons. The van der Waals surface area contributed by atoms with Crippen LogP contribution in [0.4, 0.5) is 4.79 Å². The maximum absolute atomic E-state index is 12.5. The van der Waals surface area contributed by atoms with Crippen molar-refractivity contribution in [3.8, 4) is 5.75 Å². The fourth-order valence-corrected chi connectivity index (χ4v) is 3.77. The number of carbonyl (C=O) groups is 2. The maximum Gasteiger partial charge on any atom is 0.320 e. The second-order valence-corrected chi connectivity index (χ2v) is 7.04. The number of benzene rings is 1. The summed E-state index contributed by atoms with van der Waals surface area (Å²) in [6.45, 7) is 4.61. The molecule has 3 aliphatic heterocycles. The summed E-state index contributed by atoms with van der Waals surface area (Å²) >= 11 is 0. The highest BCUT2D eigenvalue weighted by atomic mass is 16.5. The van der Waals surface area contributed by atoms with E-state index in [1.165, 1.54) is 0 Å². The quantitative estimate of drug-likeness (QED) is 0.863. The van der Waals surface area contributed by atoms with Gasteiger partial charge < -0.3 is 24.6 Å². The molecule has 3 heterocycles. The molecule has 0 unspecified atom stereocenters. The molecule has 0 spiro atoms. The second kappa shape index (κ2) is 7.53. The van der Waals surface area contributed by atoms with Crippen LogP contribution in [0.2, 0.25) is 0 Å². The molecule has 0 bridgehead atoms. The number of hydrogen-bond donors (Lipinski definition) is 1. The zero-order valence-electron chi connectivity index (χ0n) is 14.9. The molecular weight excluding hydrogens is 334 g/mol. The van der Waals surface area contributed by atoms with Gasteiger partial charge in [-0.1, -0.05) is 0 Å². The minimum atomic E-state index is -0.0438. The van der Waals surface area contributed by atoms with Crippen LogP contribution in [0.5, 0.6) is 5.75 Å². The number of piperidine rings is 1. The van der Waals surface area contributed by atoms with E-state index in [9.17, 15) is 9.59 Å². The molecule has 0 aliphatic carbocycles. The van der Waals surface area contributed by atoms with Crippen molar-refractivity contribution in [2.75, 3.05) is 46.0 Å². The number of nitrogens with zero attached hydrogens (tertiary/aromatic N) is 2. The first kappa shape index (κ1) is 17.1. The lowest BCUT2D eigenvalue weighted by atomic mass is 10.0. The summed E-state index contributed by atoms with van der Waals surface area (Å²) < 4.78 is 10.8. The third kappa shape index (κ3) is 3.62. The minimum Gasteiger partial charge on any atom is -0.493 e. The Kier molecular flexibility index (Phi) is 4.97. The molecule has 7 nitrogen and oxygen atoms in total. The zero-order valence-corrected chi connectivity index (χ0v) is 14.9. The molecule has 3 amide bonds. The van der Waals surface area contributed by atoms with Crippen LogP contribution in [0.15, 0.2) is 18.2 Å². The summed E-state index contributed by atoms with van der Waals surface area (Å²) in [6, 6.07) is 5.82. The predicted molar refractivity (Wildman–Crippen MR) is 95.5 cm³/mol. The van der Waals surface area contributed by atoms with Gasteiger partial charge in [0.1, 0.15) is 5.75 Å². The van der Waals surface area contributed by atoms with Gasteiger partial charge in [-0.2, -0.15) is 0 Å². The summed E-state index contributed by atoms with van der Waals surface area (Å²) in [7, 11) is 0. The van der Waals surface area contributed by atoms with E-state index >= 15 is 0 Å². The number of carbonyl (C=O) groups excluding carboxylic acids is 2. The molecule has 4 rings (SSSR count). The molecular formula is C19H25N3O4. The fraction of sp³-hybridized carbons (Fsp3) is 0.579. The number of hydrogen-bond acceptors (Lipinski definition) is 4. The highest BCUT2D eigenvalue weighted by Crippen LogP contribution is 2.26. The first-order valence-electron chi connectivity index (χ1n) is 9.39. The summed E-state index contributed by atoms with van der Waals surface area (Å²) in [6.07, 6.45) is 2.43. The van der Waals surface area contributed by atoms with Gasteiger partial charge in [0.05, 0.1) is 19.8 Å². The Morgan fingerprint density at radius 3 is 2.50 bits per heavy atom. The van der Waals surface area contributed by atoms with E-state index in [1.54, 1.807) is 0 Å². The number of likely N-dealkylation sites (tertiary alicyclic amines) is 1. The average Bonchev–Trinajstić information content (AvgIpc) is 3.16. The van der Waals surface area contributed by atoms with E-state index in [1.807, 2.05) is 28.0 Å². The number of amides is 3. The minimum absolute atomic E-state index is 0.0438. The smallest absolute Gasteiger partial charge is 0.320 e. The van der Waals surface area contributed by atoms with Gasteiger partial charge in [0.15, 0.2) is 0 Å². The molecule has 2 fully saturated rings. The third-order valence-corrected chi connectivity index (χ3v) is 5.33. The molecule has 2 saturated heterocycles. The van der Waals surface area contributed by atoms with Crippen molar-refractivity contribution >= 4 is 11.9 Å². The molecule has 1 aromatic rings. The topological polar surface area (TPSA) is 71.1 Å². The highest BCUT2D eigenvalue weighted by molar-refractivity contribution is 5.94. The van der Waals surface area contributed by atoms with Crippen LogP contribution in [0.1, 0.15) is 28.8 Å². The summed E-state index contributed by atoms with van der Waals surface area (Å²) in [5.41, 5.74) is 1.78. The van der Waals surface area contributed by atoms with Crippen LogP contribution in [0, 0.1) is 0 Å². The second-order valence-electron chi connectivity index (χ2n) is 7.04. The third-order valence-electron chi connectivity index (χ3n) is 5.33. The Balaban J connectivity index is 1.28. The molecule has 1 N–H and O–H groups in total. The molecule has 0 saturated carbocycles. The fourth-order valence-electron chi connectivity index (χ4n) is 3.77. The predicted octanol–water partition coefficient (Wildman–Crippen LogP) is 1.27. The monoisotopic (exact) mass is 359 g/mol. The van der Waals surface area contributed by atoms with Crippen LogP contribution in [0.3, 0.4) is 0 Å². The Bertz CT molecular complexity index is 679. The summed E-state index contributed by atoms with van der Waals surface area (Å²) in [5, 5.41) is 3.11. The van der Waals surface area contributed by atoms with Crippen LogP contribution in [-0.4, -0.2) is 73.8 Å². The van der Waals surface area contributed by atoms with Crippen molar-refractivity contribution in [3.05, 3.63) is 29.3 Å². The van der Waals surface area contributed by atoms with Gasteiger partial charge in [0.2, 0.25) is 0 Å². The standard InChI is InChI=1S/C19H25N3O4/c23-18(15-1-2-17-14(13-15)5-10-26-17)20-16-3-6-21(7-4-16)19(24)22-8-11-25-12-9-22/h1-2,13,16H,3-12H2,(H,20,23). The number of morpholine rings is 1. The number of fused-ring (bicyclic) bond motifs is 1. The van der Waals surface area contributed by atoms with E-state index in [0.717, 1.165) is 30.6 Å². The van der Waals surface area contributed by atoms with Crippen LogP contribution < -0.4 is 10.1 Å². The van der Waals surface area contributed by atoms with E-state index in [0.29, 0.717) is 51.6 Å². The van der Waals surface area contributed by atoms with Gasteiger partial charge in [-0.3, -0.25) is 4.79 Å². The number of rotatable bonds is 2. The van der Waals surface area contributed by atoms with Crippen LogP contribution in [-0.2, 0) is 11.2 Å². The summed E-state index contributed by atoms with van der Waals surface area (Å²) in [4.78, 5) is 28.8. The molecule has 0 atom stereocenters. The molecule has 0 aromatic heterocycles. The van der Waals surface area contributed by atoms with E-state index in [-0.39, 0.29) is 18.0 Å². The highest BCUT2D eigenvalue weighted by Gasteiger charge is 2.28. The Morgan fingerprint density at radius 2 is 1.73 bits per heavy atom. The molecule has 3 aliphatic rings. The average molecular weight is 359 g/mol. The first-order chi connectivity index (χ1) is 12.7. The lowest BCUT2D eigenvalue weighted by Gasteiger charge is -2.37. The van der Waals surface area contributed by atoms with Crippen molar-refractivity contribution in [3.63, 3.8) is 0 Å². The summed E-state index contributed by atoms with van der Waals surface area (Å²) in [5.74, 6) is 0.842. The van der Waals surface area contributed by atoms with E-state index < -0.39 is 0 Å². The van der Waals surface area contributed by atoms with Gasteiger partial charge in [0.25, 0.3) is 5.91 Å². The Morgan fingerprint density at radius 1 is 1.00 bits per heavy atom. The number of nitrogens with one attached hydrogen (secondary N) is 1. The lowest BCUT2D eigenvalue weighted by Crippen LogP contribution is -2.52. The van der Waals surface area contributed by atoms with Crippen molar-refractivity contribution in [1.29, 1.82) is 0 Å². The normalized spacial score (nSPS) is 20.5. The lowest BCUT2D eigenvalue weighted by molar-refractivity contribution is 0.0407. The zero-order chi connectivity index (χ0) is 17.9. The molecule has 140 valence electrons. The largest absolute Gasteiger partial charge is 0.493 e. The van der Waals surface area contributed by atoms with Crippen molar-refractivity contribution in [2.24, 2.45) is 0 Å². The van der Waals surface area contributed by atoms with Crippen LogP contribution in [0.25, 0.3) is 0 Å². The van der Waals surface area contributed by atoms with Gasteiger partial charge >= 0.3 is 6.03 Å². The SMILES string of the molecule is O=C(NC1CCN(C(=O)N2CCOCC2)CC1)c1ccc2c(c1)CCO2. The van der Waals surface area contributed by atoms with E-state index in [4.69, 9.17) is 9.47 Å². The maximum atomic E-state index is 12.5. The van der Waals surface area contributed by atoms with Crippen molar-refractivity contribution in [2.45, 2.75) is 25.3 Å². The molecule has 7 heteroatoms. The van der Waals surface area contributed by atoms with Gasteiger partial charge in [-0.15, -0.1) is 0 Å². The van der Waals surface area contributed by atoms with Crippen molar-refractivity contribution in [1.82, 2.24) is 15.1 Å². The Hall–Kier alpha value is -2.28. The van der Waals surface area contributed by atoms with Gasteiger partial charge in [0, 0.05) is 44.2 Å². The van der Waals surface area contributed by atoms with E-state index in [2.05, 4.69) is 5.32 Å². The van der Waals surface area contributed by atoms with Crippen LogP contribution >= 0.6 is 0 Å². The van der Waals surface area contributed by atoms with Gasteiger partial charge in [-0.25, -0.2) is 4.79 Å². The Labute approximate surface area is 153 Å².